The van der Waals surface area contributed by atoms with Crippen molar-refractivity contribution in [1.82, 2.24) is 14.5 Å². The van der Waals surface area contributed by atoms with Crippen LogP contribution in [0.15, 0.2) is 22.1 Å². The molecule has 2 fully saturated rings. The number of hydrogen-bond acceptors (Lipinski definition) is 7. The SMILES string of the molecule is CN(C)C=Nc1ccn(C23OC(C)(CO)C(O)C2(C)C3O)c(=O)n1. The van der Waals surface area contributed by atoms with Gasteiger partial charge < -0.3 is 25.0 Å². The highest BCUT2D eigenvalue weighted by Crippen LogP contribution is 2.71. The van der Waals surface area contributed by atoms with Crippen LogP contribution in [0.25, 0.3) is 0 Å². The number of hydrogen-bond donors (Lipinski definition) is 3. The Hall–Kier alpha value is -1.81. The highest BCUT2D eigenvalue weighted by molar-refractivity contribution is 5.58. The lowest BCUT2D eigenvalue weighted by Crippen LogP contribution is -2.48. The largest absolute Gasteiger partial charge is 0.393 e. The fraction of sp³-hybridized carbons (Fsp3) is 0.667. The Labute approximate surface area is 138 Å². The molecule has 1 aromatic rings. The molecule has 0 bridgehead atoms. The maximum absolute atomic E-state index is 12.4. The summed E-state index contributed by atoms with van der Waals surface area (Å²) in [5, 5.41) is 30.4. The topological polar surface area (TPSA) is 120 Å². The molecule has 3 N–H and O–H groups in total. The molecule has 1 saturated carbocycles. The molecule has 24 heavy (non-hydrogen) atoms. The van der Waals surface area contributed by atoms with E-state index in [0.717, 1.165) is 4.57 Å². The summed E-state index contributed by atoms with van der Waals surface area (Å²) >= 11 is 0. The Kier molecular flexibility index (Phi) is 3.61. The van der Waals surface area contributed by atoms with Crippen LogP contribution in [0.2, 0.25) is 0 Å². The van der Waals surface area contributed by atoms with Gasteiger partial charge in [0.05, 0.1) is 24.5 Å². The van der Waals surface area contributed by atoms with Gasteiger partial charge in [-0.1, -0.05) is 0 Å². The zero-order chi connectivity index (χ0) is 17.9. The zero-order valence-electron chi connectivity index (χ0n) is 14.0. The quantitative estimate of drug-likeness (QED) is 0.458. The van der Waals surface area contributed by atoms with Gasteiger partial charge in [0.1, 0.15) is 11.7 Å². The number of nitrogens with zero attached hydrogens (tertiary/aromatic N) is 4. The van der Waals surface area contributed by atoms with E-state index < -0.39 is 41.2 Å². The van der Waals surface area contributed by atoms with Gasteiger partial charge in [0.15, 0.2) is 11.5 Å². The van der Waals surface area contributed by atoms with E-state index >= 15 is 0 Å². The third kappa shape index (κ3) is 1.92. The average molecular weight is 338 g/mol. The minimum absolute atomic E-state index is 0.224. The van der Waals surface area contributed by atoms with Gasteiger partial charge in [0.2, 0.25) is 0 Å². The number of aliphatic hydroxyl groups excluding tert-OH is 3. The minimum atomic E-state index is -1.45. The number of aliphatic imine (C=N–C) groups is 1. The first-order chi connectivity index (χ1) is 11.1. The third-order valence-corrected chi connectivity index (χ3v) is 5.04. The number of fused-ring (bicyclic) bond motifs is 1. The Morgan fingerprint density at radius 1 is 1.42 bits per heavy atom. The normalized spacial score (nSPS) is 40.8. The second-order valence-electron chi connectivity index (χ2n) is 7.00. The van der Waals surface area contributed by atoms with E-state index in [4.69, 9.17) is 4.74 Å². The second-order valence-corrected chi connectivity index (χ2v) is 7.00. The summed E-state index contributed by atoms with van der Waals surface area (Å²) in [6.07, 6.45) is 0.722. The van der Waals surface area contributed by atoms with Gasteiger partial charge in [-0.15, -0.1) is 0 Å². The lowest BCUT2D eigenvalue weighted by Gasteiger charge is -2.31. The van der Waals surface area contributed by atoms with E-state index in [1.165, 1.54) is 25.5 Å². The van der Waals surface area contributed by atoms with Gasteiger partial charge in [-0.2, -0.15) is 4.98 Å². The van der Waals surface area contributed by atoms with Crippen LogP contribution in [0.5, 0.6) is 0 Å². The molecule has 2 aliphatic rings. The molecule has 3 rings (SSSR count). The molecule has 2 heterocycles. The molecule has 1 aliphatic carbocycles. The summed E-state index contributed by atoms with van der Waals surface area (Å²) in [6.45, 7) is 2.72. The molecule has 1 aromatic heterocycles. The van der Waals surface area contributed by atoms with E-state index in [0.29, 0.717) is 0 Å². The van der Waals surface area contributed by atoms with E-state index in [1.54, 1.807) is 25.9 Å². The Morgan fingerprint density at radius 2 is 2.08 bits per heavy atom. The fourth-order valence-corrected chi connectivity index (χ4v) is 3.57. The molecule has 0 spiro atoms. The number of aliphatic hydroxyl groups is 3. The Morgan fingerprint density at radius 3 is 2.62 bits per heavy atom. The van der Waals surface area contributed by atoms with E-state index in [1.807, 2.05) is 0 Å². The van der Waals surface area contributed by atoms with Gasteiger partial charge in [-0.05, 0) is 19.9 Å². The highest BCUT2D eigenvalue weighted by atomic mass is 16.6. The summed E-state index contributed by atoms with van der Waals surface area (Å²) in [5.41, 5.74) is -4.47. The molecule has 5 atom stereocenters. The third-order valence-electron chi connectivity index (χ3n) is 5.04. The molecule has 9 heteroatoms. The zero-order valence-corrected chi connectivity index (χ0v) is 14.0. The Balaban J connectivity index is 2.02. The van der Waals surface area contributed by atoms with E-state index in [-0.39, 0.29) is 5.82 Å². The molecule has 0 aromatic carbocycles. The van der Waals surface area contributed by atoms with Gasteiger partial charge in [0, 0.05) is 20.3 Å². The lowest BCUT2D eigenvalue weighted by molar-refractivity contribution is -0.175. The first-order valence-electron chi connectivity index (χ1n) is 7.61. The van der Waals surface area contributed by atoms with Crippen LogP contribution < -0.4 is 5.69 Å². The molecule has 5 unspecified atom stereocenters. The molecule has 9 nitrogen and oxygen atoms in total. The van der Waals surface area contributed by atoms with E-state index in [9.17, 15) is 20.1 Å². The van der Waals surface area contributed by atoms with Gasteiger partial charge >= 0.3 is 5.69 Å². The number of rotatable bonds is 4. The van der Waals surface area contributed by atoms with Crippen molar-refractivity contribution in [3.8, 4) is 0 Å². The molecular formula is C15H22N4O5. The van der Waals surface area contributed by atoms with Crippen molar-refractivity contribution in [3.63, 3.8) is 0 Å². The minimum Gasteiger partial charge on any atom is -0.393 e. The predicted molar refractivity (Wildman–Crippen MR) is 85.0 cm³/mol. The fourth-order valence-electron chi connectivity index (χ4n) is 3.57. The van der Waals surface area contributed by atoms with Crippen molar-refractivity contribution < 1.29 is 20.1 Å². The van der Waals surface area contributed by atoms with Crippen molar-refractivity contribution >= 4 is 12.2 Å². The summed E-state index contributed by atoms with van der Waals surface area (Å²) in [6, 6.07) is 1.52. The van der Waals surface area contributed by atoms with Crippen LogP contribution >= 0.6 is 0 Å². The molecular weight excluding hydrogens is 316 g/mol. The van der Waals surface area contributed by atoms with Gasteiger partial charge in [-0.25, -0.2) is 9.79 Å². The van der Waals surface area contributed by atoms with Crippen LogP contribution in [-0.2, 0) is 10.5 Å². The lowest BCUT2D eigenvalue weighted by atomic mass is 9.89. The highest BCUT2D eigenvalue weighted by Gasteiger charge is 2.88. The smallest absolute Gasteiger partial charge is 0.352 e. The molecule has 132 valence electrons. The maximum atomic E-state index is 12.4. The van der Waals surface area contributed by atoms with Crippen molar-refractivity contribution in [2.75, 3.05) is 20.7 Å². The maximum Gasteiger partial charge on any atom is 0.352 e. The van der Waals surface area contributed by atoms with Crippen molar-refractivity contribution in [2.45, 2.75) is 37.4 Å². The first-order valence-corrected chi connectivity index (χ1v) is 7.61. The number of aromatic nitrogens is 2. The summed E-state index contributed by atoms with van der Waals surface area (Å²) in [4.78, 5) is 22.1. The van der Waals surface area contributed by atoms with Gasteiger partial charge in [-0.3, -0.25) is 4.57 Å². The van der Waals surface area contributed by atoms with Gasteiger partial charge in [0.25, 0.3) is 0 Å². The number of ether oxygens (including phenoxy) is 1. The molecule has 1 aliphatic heterocycles. The van der Waals surface area contributed by atoms with Crippen molar-refractivity contribution in [3.05, 3.63) is 22.7 Å². The van der Waals surface area contributed by atoms with Crippen LogP contribution in [0.1, 0.15) is 13.8 Å². The second kappa shape index (κ2) is 5.09. The Bertz CT molecular complexity index is 750. The monoisotopic (exact) mass is 338 g/mol. The van der Waals surface area contributed by atoms with Crippen LogP contribution in [0.4, 0.5) is 5.82 Å². The van der Waals surface area contributed by atoms with Crippen LogP contribution in [0, 0.1) is 5.41 Å². The van der Waals surface area contributed by atoms with Crippen LogP contribution in [0.3, 0.4) is 0 Å². The standard InChI is InChI=1S/C15H22N4O5/c1-13(7-20)10(21)14(2)11(22)15(14,24-13)19-6-5-9(17-12(19)23)16-8-18(3)4/h5-6,8,10-11,20-22H,7H2,1-4H3. The summed E-state index contributed by atoms with van der Waals surface area (Å²) in [5.74, 6) is 0.224. The molecule has 0 radical (unpaired) electrons. The predicted octanol–water partition coefficient (Wildman–Crippen LogP) is -1.36. The molecule has 1 saturated heterocycles. The molecule has 0 amide bonds. The van der Waals surface area contributed by atoms with E-state index in [2.05, 4.69) is 9.98 Å². The first kappa shape index (κ1) is 17.0. The van der Waals surface area contributed by atoms with Crippen molar-refractivity contribution in [2.24, 2.45) is 10.4 Å². The van der Waals surface area contributed by atoms with Crippen LogP contribution in [-0.4, -0.2) is 74.6 Å². The summed E-state index contributed by atoms with van der Waals surface area (Å²) in [7, 11) is 3.58. The summed E-state index contributed by atoms with van der Waals surface area (Å²) < 4.78 is 6.98. The average Bonchev–Trinajstić information content (AvgIpc) is 2.92. The van der Waals surface area contributed by atoms with Crippen molar-refractivity contribution in [1.29, 1.82) is 0 Å².